The molecule has 4 heteroatoms. The van der Waals surface area contributed by atoms with Gasteiger partial charge in [0, 0.05) is 49.5 Å². The van der Waals surface area contributed by atoms with Crippen molar-refractivity contribution in [1.82, 2.24) is 8.01 Å². The van der Waals surface area contributed by atoms with E-state index in [0.29, 0.717) is 5.91 Å². The first kappa shape index (κ1) is 7.79. The molecule has 0 saturated carbocycles. The number of likely N-dealkylation sites (tertiary alicyclic amines) is 1. The number of carbonyl (C=O) groups is 1. The van der Waals surface area contributed by atoms with Crippen LogP contribution in [0.5, 0.6) is 0 Å². The van der Waals surface area contributed by atoms with Gasteiger partial charge in [-0.1, -0.05) is 0 Å². The van der Waals surface area contributed by atoms with E-state index in [-0.39, 0.29) is 5.41 Å². The zero-order valence-corrected chi connectivity index (χ0v) is 8.67. The fourth-order valence-electron chi connectivity index (χ4n) is 1.90. The Hall–Kier alpha value is 0.160. The van der Waals surface area contributed by atoms with E-state index in [1.807, 2.05) is 11.9 Å². The Morgan fingerprint density at radius 1 is 1.55 bits per heavy atom. The monoisotopic (exact) mass is 266 g/mol. The lowest BCUT2D eigenvalue weighted by molar-refractivity contribution is -0.139. The summed E-state index contributed by atoms with van der Waals surface area (Å²) in [6, 6.07) is 0. The van der Waals surface area contributed by atoms with E-state index in [4.69, 9.17) is 0 Å². The van der Waals surface area contributed by atoms with Crippen LogP contribution in [0.2, 0.25) is 0 Å². The first-order valence-corrected chi connectivity index (χ1v) is 4.77. The summed E-state index contributed by atoms with van der Waals surface area (Å²) in [6.45, 7) is 2.86. The minimum Gasteiger partial charge on any atom is -0.345 e. The van der Waals surface area contributed by atoms with Crippen molar-refractivity contribution in [3.05, 3.63) is 0 Å². The van der Waals surface area contributed by atoms with Crippen molar-refractivity contribution < 1.29 is 4.79 Å². The molecule has 2 aliphatic rings. The van der Waals surface area contributed by atoms with Crippen molar-refractivity contribution in [3.8, 4) is 0 Å². The normalized spacial score (nSPS) is 29.6. The number of halogens is 1. The summed E-state index contributed by atoms with van der Waals surface area (Å²) in [7, 11) is 1.90. The maximum absolute atomic E-state index is 11.6. The molecule has 62 valence electrons. The average Bonchev–Trinajstić information content (AvgIpc) is 2.16. The zero-order chi connectivity index (χ0) is 8.06. The summed E-state index contributed by atoms with van der Waals surface area (Å²) in [5, 5.41) is 0. The molecule has 1 spiro atoms. The van der Waals surface area contributed by atoms with Crippen LogP contribution in [0, 0.1) is 5.41 Å². The summed E-state index contributed by atoms with van der Waals surface area (Å²) in [5.41, 5.74) is 0.0238. The van der Waals surface area contributed by atoms with Gasteiger partial charge in [0.1, 0.15) is 0 Å². The standard InChI is InChI=1S/C7H11IN2O/c1-9-3-2-7(6(9)11)4-10(8)5-7/h2-5H2,1H3. The predicted octanol–water partition coefficient (Wildman–Crippen LogP) is 0.500. The molecule has 0 aromatic carbocycles. The van der Waals surface area contributed by atoms with Crippen LogP contribution in [0.15, 0.2) is 0 Å². The zero-order valence-electron chi connectivity index (χ0n) is 6.51. The Bertz CT molecular complexity index is 195. The summed E-state index contributed by atoms with van der Waals surface area (Å²) >= 11 is 2.27. The maximum Gasteiger partial charge on any atom is 0.231 e. The Labute approximate surface area is 80.2 Å². The number of hydrogen-bond acceptors (Lipinski definition) is 2. The average molecular weight is 266 g/mol. The Morgan fingerprint density at radius 2 is 2.18 bits per heavy atom. The van der Waals surface area contributed by atoms with Crippen molar-refractivity contribution in [2.45, 2.75) is 6.42 Å². The number of rotatable bonds is 0. The van der Waals surface area contributed by atoms with Gasteiger partial charge < -0.3 is 4.90 Å². The molecule has 2 saturated heterocycles. The molecule has 0 bridgehead atoms. The molecular formula is C7H11IN2O. The highest BCUT2D eigenvalue weighted by molar-refractivity contribution is 14.1. The van der Waals surface area contributed by atoms with Crippen LogP contribution in [-0.4, -0.2) is 40.6 Å². The van der Waals surface area contributed by atoms with Gasteiger partial charge in [-0.05, 0) is 6.42 Å². The molecule has 0 aromatic rings. The highest BCUT2D eigenvalue weighted by Gasteiger charge is 2.53. The lowest BCUT2D eigenvalue weighted by Crippen LogP contribution is -2.55. The van der Waals surface area contributed by atoms with E-state index < -0.39 is 0 Å². The Balaban J connectivity index is 2.12. The molecule has 11 heavy (non-hydrogen) atoms. The molecule has 2 fully saturated rings. The SMILES string of the molecule is CN1CCC2(CN(I)C2)C1=O. The Morgan fingerprint density at radius 3 is 2.55 bits per heavy atom. The molecule has 0 radical (unpaired) electrons. The minimum absolute atomic E-state index is 0.0238. The smallest absolute Gasteiger partial charge is 0.231 e. The summed E-state index contributed by atoms with van der Waals surface area (Å²) in [4.78, 5) is 13.4. The second-order valence-electron chi connectivity index (χ2n) is 3.54. The molecular weight excluding hydrogens is 255 g/mol. The summed E-state index contributed by atoms with van der Waals surface area (Å²) in [6.07, 6.45) is 1.06. The van der Waals surface area contributed by atoms with Crippen LogP contribution in [0.4, 0.5) is 0 Å². The van der Waals surface area contributed by atoms with Crippen molar-refractivity contribution in [2.75, 3.05) is 26.7 Å². The molecule has 2 rings (SSSR count). The molecule has 0 N–H and O–H groups in total. The van der Waals surface area contributed by atoms with Crippen molar-refractivity contribution in [2.24, 2.45) is 5.41 Å². The van der Waals surface area contributed by atoms with Crippen molar-refractivity contribution >= 4 is 28.8 Å². The van der Waals surface area contributed by atoms with Gasteiger partial charge in [0.15, 0.2) is 0 Å². The number of nitrogens with zero attached hydrogens (tertiary/aromatic N) is 2. The molecule has 0 aliphatic carbocycles. The second kappa shape index (κ2) is 2.32. The molecule has 2 aliphatic heterocycles. The fourth-order valence-corrected chi connectivity index (χ4v) is 3.20. The van der Waals surface area contributed by atoms with E-state index >= 15 is 0 Å². The largest absolute Gasteiger partial charge is 0.345 e. The lowest BCUT2D eigenvalue weighted by Gasteiger charge is -2.42. The van der Waals surface area contributed by atoms with Gasteiger partial charge in [-0.2, -0.15) is 0 Å². The fraction of sp³-hybridized carbons (Fsp3) is 0.857. The summed E-state index contributed by atoms with van der Waals surface area (Å²) in [5.74, 6) is 0.352. The van der Waals surface area contributed by atoms with Gasteiger partial charge in [-0.15, -0.1) is 0 Å². The van der Waals surface area contributed by atoms with Crippen molar-refractivity contribution in [3.63, 3.8) is 0 Å². The molecule has 2 heterocycles. The Kier molecular flexibility index (Phi) is 1.64. The molecule has 0 atom stereocenters. The van der Waals surface area contributed by atoms with Gasteiger partial charge in [0.05, 0.1) is 5.41 Å². The van der Waals surface area contributed by atoms with Crippen LogP contribution >= 0.6 is 22.9 Å². The van der Waals surface area contributed by atoms with Gasteiger partial charge >= 0.3 is 0 Å². The van der Waals surface area contributed by atoms with E-state index in [2.05, 4.69) is 26.0 Å². The third-order valence-electron chi connectivity index (χ3n) is 2.67. The summed E-state index contributed by atoms with van der Waals surface area (Å²) < 4.78 is 2.18. The van der Waals surface area contributed by atoms with E-state index in [9.17, 15) is 4.79 Å². The van der Waals surface area contributed by atoms with Crippen LogP contribution in [0.25, 0.3) is 0 Å². The van der Waals surface area contributed by atoms with Crippen molar-refractivity contribution in [1.29, 1.82) is 0 Å². The number of hydrogen-bond donors (Lipinski definition) is 0. The highest BCUT2D eigenvalue weighted by Crippen LogP contribution is 2.41. The van der Waals surface area contributed by atoms with Crippen LogP contribution < -0.4 is 0 Å². The van der Waals surface area contributed by atoms with Crippen LogP contribution in [-0.2, 0) is 4.79 Å². The van der Waals surface area contributed by atoms with Gasteiger partial charge in [-0.3, -0.25) is 4.79 Å². The van der Waals surface area contributed by atoms with Crippen LogP contribution in [0.3, 0.4) is 0 Å². The quantitative estimate of drug-likeness (QED) is 0.471. The molecule has 3 nitrogen and oxygen atoms in total. The van der Waals surface area contributed by atoms with Crippen LogP contribution in [0.1, 0.15) is 6.42 Å². The predicted molar refractivity (Wildman–Crippen MR) is 50.3 cm³/mol. The third-order valence-corrected chi connectivity index (χ3v) is 3.36. The lowest BCUT2D eigenvalue weighted by atomic mass is 9.80. The first-order valence-electron chi connectivity index (χ1n) is 3.80. The van der Waals surface area contributed by atoms with Gasteiger partial charge in [-0.25, -0.2) is 3.11 Å². The van der Waals surface area contributed by atoms with Gasteiger partial charge in [0.25, 0.3) is 0 Å². The molecule has 0 unspecified atom stereocenters. The third kappa shape index (κ3) is 0.989. The van der Waals surface area contributed by atoms with E-state index in [1.165, 1.54) is 0 Å². The van der Waals surface area contributed by atoms with Gasteiger partial charge in [0.2, 0.25) is 5.91 Å². The number of carbonyl (C=O) groups excluding carboxylic acids is 1. The minimum atomic E-state index is 0.0238. The van der Waals surface area contributed by atoms with E-state index in [1.54, 1.807) is 0 Å². The second-order valence-corrected chi connectivity index (χ2v) is 4.90. The highest BCUT2D eigenvalue weighted by atomic mass is 127. The topological polar surface area (TPSA) is 23.6 Å². The first-order chi connectivity index (χ1) is 5.14. The molecule has 1 amide bonds. The maximum atomic E-state index is 11.6. The van der Waals surface area contributed by atoms with E-state index in [0.717, 1.165) is 26.1 Å². The molecule has 0 aromatic heterocycles. The number of amides is 1.